The summed E-state index contributed by atoms with van der Waals surface area (Å²) in [6, 6.07) is 0. The van der Waals surface area contributed by atoms with Crippen molar-refractivity contribution >= 4 is 9.92 Å². The third-order valence-corrected chi connectivity index (χ3v) is 1.99. The van der Waals surface area contributed by atoms with E-state index < -0.39 is 27.3 Å². The van der Waals surface area contributed by atoms with Crippen molar-refractivity contribution in [1.29, 1.82) is 4.78 Å². The van der Waals surface area contributed by atoms with Gasteiger partial charge in [-0.2, -0.15) is 13.9 Å². The quantitative estimate of drug-likeness (QED) is 0.759. The molecule has 1 aromatic rings. The minimum absolute atomic E-state index is 0.0499. The van der Waals surface area contributed by atoms with Crippen LogP contribution in [0.25, 0.3) is 0 Å². The first-order valence-corrected chi connectivity index (χ1v) is 4.54. The second-order valence-corrected chi connectivity index (χ2v) is 3.73. The highest BCUT2D eigenvalue weighted by Gasteiger charge is 2.19. The zero-order valence-corrected chi connectivity index (χ0v) is 6.89. The molecule has 0 radical (unpaired) electrons. The van der Waals surface area contributed by atoms with Crippen molar-refractivity contribution in [2.75, 3.05) is 0 Å². The maximum Gasteiger partial charge on any atom is 0.333 e. The minimum atomic E-state index is -3.89. The number of hydrogen-bond donors (Lipinski definition) is 2. The van der Waals surface area contributed by atoms with Crippen LogP contribution >= 0.6 is 0 Å². The molecule has 0 bridgehead atoms. The van der Waals surface area contributed by atoms with Crippen LogP contribution < -0.4 is 5.14 Å². The van der Waals surface area contributed by atoms with Gasteiger partial charge in [0.25, 0.3) is 0 Å². The molecule has 0 saturated carbocycles. The summed E-state index contributed by atoms with van der Waals surface area (Å²) in [4.78, 5) is 0. The van der Waals surface area contributed by atoms with Crippen molar-refractivity contribution in [3.8, 4) is 0 Å². The van der Waals surface area contributed by atoms with E-state index in [9.17, 15) is 17.4 Å². The molecule has 74 valence electrons. The molecule has 1 heterocycles. The number of rotatable bonds is 2. The van der Waals surface area contributed by atoms with Crippen LogP contribution in [-0.4, -0.2) is 14.0 Å². The van der Waals surface area contributed by atoms with Crippen LogP contribution in [-0.2, 0) is 9.92 Å². The molecule has 1 unspecified atom stereocenters. The Morgan fingerprint density at radius 3 is 2.46 bits per heavy atom. The molecule has 0 fully saturated rings. The van der Waals surface area contributed by atoms with E-state index in [1.807, 2.05) is 0 Å². The first-order valence-electron chi connectivity index (χ1n) is 2.91. The second kappa shape index (κ2) is 3.00. The smallest absolute Gasteiger partial charge is 0.240 e. The SMILES string of the molecule is N=S(N)(=O)c1nn(C(F)F)cc1F. The largest absolute Gasteiger partial charge is 0.333 e. The van der Waals surface area contributed by atoms with Crippen LogP contribution in [0, 0.1) is 10.6 Å². The third-order valence-electron chi connectivity index (χ3n) is 1.14. The molecule has 0 saturated heterocycles. The maximum absolute atomic E-state index is 12.7. The van der Waals surface area contributed by atoms with Gasteiger partial charge in [-0.15, -0.1) is 0 Å². The van der Waals surface area contributed by atoms with Crippen LogP contribution in [0.3, 0.4) is 0 Å². The lowest BCUT2D eigenvalue weighted by Crippen LogP contribution is -2.13. The number of nitrogens with zero attached hydrogens (tertiary/aromatic N) is 2. The van der Waals surface area contributed by atoms with E-state index in [-0.39, 0.29) is 4.68 Å². The number of nitrogens with one attached hydrogen (secondary N) is 1. The molecule has 1 aromatic heterocycles. The fraction of sp³-hybridized carbons (Fsp3) is 0.250. The Labute approximate surface area is 71.4 Å². The molecule has 0 aliphatic carbocycles. The Kier molecular flexibility index (Phi) is 2.30. The summed E-state index contributed by atoms with van der Waals surface area (Å²) in [6.45, 7) is -3.05. The van der Waals surface area contributed by atoms with Gasteiger partial charge in [-0.3, -0.25) is 0 Å². The van der Waals surface area contributed by atoms with E-state index >= 15 is 0 Å². The topological polar surface area (TPSA) is 84.8 Å². The van der Waals surface area contributed by atoms with Gasteiger partial charge in [0.15, 0.2) is 15.7 Å². The fourth-order valence-electron chi connectivity index (χ4n) is 0.658. The van der Waals surface area contributed by atoms with Crippen molar-refractivity contribution in [3.05, 3.63) is 12.0 Å². The summed E-state index contributed by atoms with van der Waals surface area (Å²) in [5.74, 6) is -1.28. The molecule has 13 heavy (non-hydrogen) atoms. The van der Waals surface area contributed by atoms with Crippen molar-refractivity contribution in [2.45, 2.75) is 11.6 Å². The average Bonchev–Trinajstić information content (AvgIpc) is 2.29. The van der Waals surface area contributed by atoms with E-state index in [0.29, 0.717) is 6.20 Å². The molecule has 0 spiro atoms. The lowest BCUT2D eigenvalue weighted by Gasteiger charge is -1.96. The van der Waals surface area contributed by atoms with Gasteiger partial charge in [-0.25, -0.2) is 23.2 Å². The monoisotopic (exact) mass is 214 g/mol. The van der Waals surface area contributed by atoms with Crippen molar-refractivity contribution in [2.24, 2.45) is 5.14 Å². The van der Waals surface area contributed by atoms with E-state index in [2.05, 4.69) is 5.10 Å². The van der Waals surface area contributed by atoms with Crippen LogP contribution in [0.1, 0.15) is 6.55 Å². The Morgan fingerprint density at radius 1 is 1.69 bits per heavy atom. The zero-order valence-electron chi connectivity index (χ0n) is 6.08. The Balaban J connectivity index is 3.27. The number of alkyl halides is 2. The van der Waals surface area contributed by atoms with Gasteiger partial charge >= 0.3 is 6.55 Å². The van der Waals surface area contributed by atoms with E-state index in [1.54, 1.807) is 0 Å². The summed E-state index contributed by atoms with van der Waals surface area (Å²) in [7, 11) is -3.89. The molecule has 3 N–H and O–H groups in total. The van der Waals surface area contributed by atoms with Crippen molar-refractivity contribution in [1.82, 2.24) is 9.78 Å². The highest BCUT2D eigenvalue weighted by Crippen LogP contribution is 2.15. The van der Waals surface area contributed by atoms with Gasteiger partial charge in [0.1, 0.15) is 0 Å². The van der Waals surface area contributed by atoms with Gasteiger partial charge in [0.05, 0.1) is 6.20 Å². The molecular weight excluding hydrogens is 209 g/mol. The molecule has 1 rings (SSSR count). The molecule has 5 nitrogen and oxygen atoms in total. The van der Waals surface area contributed by atoms with Crippen LogP contribution in [0.15, 0.2) is 11.2 Å². The first kappa shape index (κ1) is 9.99. The average molecular weight is 214 g/mol. The minimum Gasteiger partial charge on any atom is -0.240 e. The van der Waals surface area contributed by atoms with Gasteiger partial charge < -0.3 is 0 Å². The highest BCUT2D eigenvalue weighted by molar-refractivity contribution is 7.90. The summed E-state index contributed by atoms with van der Waals surface area (Å²) in [5.41, 5.74) is 0. The summed E-state index contributed by atoms with van der Waals surface area (Å²) < 4.78 is 53.8. The van der Waals surface area contributed by atoms with Gasteiger partial charge in [0.2, 0.25) is 5.03 Å². The zero-order chi connectivity index (χ0) is 10.2. The molecule has 0 amide bonds. The fourth-order valence-corrected chi connectivity index (χ4v) is 1.22. The van der Waals surface area contributed by atoms with E-state index in [0.717, 1.165) is 0 Å². The predicted molar refractivity (Wildman–Crippen MR) is 36.8 cm³/mol. The van der Waals surface area contributed by atoms with E-state index in [1.165, 1.54) is 0 Å². The number of aromatic nitrogens is 2. The maximum atomic E-state index is 12.7. The Morgan fingerprint density at radius 2 is 2.23 bits per heavy atom. The van der Waals surface area contributed by atoms with Crippen LogP contribution in [0.2, 0.25) is 0 Å². The summed E-state index contributed by atoms with van der Waals surface area (Å²) in [5, 5.41) is 6.62. The van der Waals surface area contributed by atoms with Gasteiger partial charge in [-0.05, 0) is 0 Å². The van der Waals surface area contributed by atoms with Crippen molar-refractivity contribution in [3.63, 3.8) is 0 Å². The van der Waals surface area contributed by atoms with Crippen LogP contribution in [0.5, 0.6) is 0 Å². The molecule has 9 heteroatoms. The number of halogens is 3. The Hall–Kier alpha value is -1.09. The van der Waals surface area contributed by atoms with E-state index in [4.69, 9.17) is 9.92 Å². The van der Waals surface area contributed by atoms with Gasteiger partial charge in [0, 0.05) is 0 Å². The Bertz CT molecular complexity index is 411. The summed E-state index contributed by atoms with van der Waals surface area (Å²) >= 11 is 0. The molecule has 0 aliphatic rings. The summed E-state index contributed by atoms with van der Waals surface area (Å²) in [6.07, 6.45) is 0.334. The molecular formula is C4H5F3N4OS. The molecule has 0 aromatic carbocycles. The van der Waals surface area contributed by atoms with Crippen LogP contribution in [0.4, 0.5) is 13.2 Å². The number of hydrogen-bond acceptors (Lipinski definition) is 3. The predicted octanol–water partition coefficient (Wildman–Crippen LogP) is 0.697. The number of nitrogens with two attached hydrogens (primary N) is 1. The molecule has 0 aliphatic heterocycles. The standard InChI is InChI=1S/C4H5F3N4OS/c5-2-1-11(4(6)7)10-3(2)13(8,9)12/h1,4H,(H3,8,9,12). The van der Waals surface area contributed by atoms with Gasteiger partial charge in [-0.1, -0.05) is 0 Å². The third kappa shape index (κ3) is 1.98. The lowest BCUT2D eigenvalue weighted by atomic mass is 10.7. The second-order valence-electron chi connectivity index (χ2n) is 2.14. The first-order chi connectivity index (χ1) is 5.82. The highest BCUT2D eigenvalue weighted by atomic mass is 32.2. The normalized spacial score (nSPS) is 16.1. The van der Waals surface area contributed by atoms with Crippen molar-refractivity contribution < 1.29 is 17.4 Å². The lowest BCUT2D eigenvalue weighted by molar-refractivity contribution is 0.0552. The molecule has 1 atom stereocenters.